The van der Waals surface area contributed by atoms with E-state index in [0.717, 1.165) is 4.57 Å². The molecule has 0 N–H and O–H groups in total. The molecule has 1 aromatic heterocycles. The van der Waals surface area contributed by atoms with Crippen LogP contribution in [0.3, 0.4) is 0 Å². The maximum Gasteiger partial charge on any atom is 0.416 e. The average Bonchev–Trinajstić information content (AvgIpc) is 2.51. The summed E-state index contributed by atoms with van der Waals surface area (Å²) in [6.07, 6.45) is -2.49. The zero-order valence-electron chi connectivity index (χ0n) is 15.9. The number of esters is 1. The number of methoxy groups -OCH3 is 1. The number of carbonyl (C=O) groups is 1. The van der Waals surface area contributed by atoms with E-state index in [1.54, 1.807) is 0 Å². The second-order valence-corrected chi connectivity index (χ2v) is 7.03. The molecular weight excluding hydrogens is 349 g/mol. The Morgan fingerprint density at radius 3 is 2.38 bits per heavy atom. The SMILES string of the molecule is COC(=O)C(CC(C)C)n1cc(CCCN(C)C)c(C(F)(F)F)cc1=O. The molecule has 1 heterocycles. The lowest BCUT2D eigenvalue weighted by Gasteiger charge is -2.22. The van der Waals surface area contributed by atoms with E-state index in [1.165, 1.54) is 13.3 Å². The monoisotopic (exact) mass is 376 g/mol. The van der Waals surface area contributed by atoms with Gasteiger partial charge in [-0.2, -0.15) is 13.2 Å². The van der Waals surface area contributed by atoms with E-state index in [1.807, 2.05) is 32.8 Å². The van der Waals surface area contributed by atoms with Crippen molar-refractivity contribution in [2.24, 2.45) is 5.92 Å². The van der Waals surface area contributed by atoms with Crippen LogP contribution in [0.15, 0.2) is 17.1 Å². The Labute approximate surface area is 151 Å². The minimum absolute atomic E-state index is 0.0107. The van der Waals surface area contributed by atoms with E-state index in [2.05, 4.69) is 0 Å². The third-order valence-electron chi connectivity index (χ3n) is 4.02. The number of alkyl halides is 3. The highest BCUT2D eigenvalue weighted by Gasteiger charge is 2.35. The Bertz CT molecular complexity index is 667. The molecule has 0 aliphatic carbocycles. The highest BCUT2D eigenvalue weighted by molar-refractivity contribution is 5.74. The Kier molecular flexibility index (Phi) is 7.87. The summed E-state index contributed by atoms with van der Waals surface area (Å²) >= 11 is 0. The number of nitrogens with zero attached hydrogens (tertiary/aromatic N) is 2. The van der Waals surface area contributed by atoms with Crippen LogP contribution < -0.4 is 5.56 Å². The Hall–Kier alpha value is -1.83. The lowest BCUT2D eigenvalue weighted by Crippen LogP contribution is -2.33. The molecule has 0 aliphatic heterocycles. The first-order chi connectivity index (χ1) is 12.0. The molecule has 0 saturated carbocycles. The second-order valence-electron chi connectivity index (χ2n) is 7.03. The molecule has 0 amide bonds. The van der Waals surface area contributed by atoms with Crippen molar-refractivity contribution in [2.45, 2.75) is 45.3 Å². The molecule has 0 fully saturated rings. The van der Waals surface area contributed by atoms with Gasteiger partial charge in [0.2, 0.25) is 0 Å². The topological polar surface area (TPSA) is 51.5 Å². The summed E-state index contributed by atoms with van der Waals surface area (Å²) in [5.41, 5.74) is -1.79. The van der Waals surface area contributed by atoms with Crippen LogP contribution in [0.5, 0.6) is 0 Å². The fourth-order valence-electron chi connectivity index (χ4n) is 2.79. The van der Waals surface area contributed by atoms with Crippen LogP contribution in [-0.2, 0) is 22.1 Å². The van der Waals surface area contributed by atoms with Crippen molar-refractivity contribution >= 4 is 5.97 Å². The summed E-state index contributed by atoms with van der Waals surface area (Å²) in [4.78, 5) is 26.3. The molecule has 0 saturated heterocycles. The van der Waals surface area contributed by atoms with Gasteiger partial charge in [-0.3, -0.25) is 4.79 Å². The van der Waals surface area contributed by atoms with E-state index in [0.29, 0.717) is 25.5 Å². The number of carbonyl (C=O) groups excluding carboxylic acids is 1. The van der Waals surface area contributed by atoms with Gasteiger partial charge in [0.15, 0.2) is 0 Å². The van der Waals surface area contributed by atoms with Gasteiger partial charge in [-0.1, -0.05) is 13.8 Å². The number of ether oxygens (including phenoxy) is 1. The number of halogens is 3. The van der Waals surface area contributed by atoms with Gasteiger partial charge in [-0.15, -0.1) is 0 Å². The molecule has 0 bridgehead atoms. The van der Waals surface area contributed by atoms with E-state index in [9.17, 15) is 22.8 Å². The van der Waals surface area contributed by atoms with E-state index >= 15 is 0 Å². The van der Waals surface area contributed by atoms with Gasteiger partial charge in [0.1, 0.15) is 6.04 Å². The van der Waals surface area contributed by atoms with E-state index in [4.69, 9.17) is 4.74 Å². The molecule has 0 spiro atoms. The summed E-state index contributed by atoms with van der Waals surface area (Å²) in [6.45, 7) is 4.34. The lowest BCUT2D eigenvalue weighted by molar-refractivity contribution is -0.145. The summed E-state index contributed by atoms with van der Waals surface area (Å²) in [5, 5.41) is 0. The fraction of sp³-hybridized carbons (Fsp3) is 0.667. The first kappa shape index (κ1) is 22.2. The van der Waals surface area contributed by atoms with Crippen molar-refractivity contribution in [1.82, 2.24) is 9.47 Å². The number of pyridine rings is 1. The van der Waals surface area contributed by atoms with Crippen LogP contribution in [-0.4, -0.2) is 43.2 Å². The van der Waals surface area contributed by atoms with Gasteiger partial charge in [0.05, 0.1) is 12.7 Å². The summed E-state index contributed by atoms with van der Waals surface area (Å²) in [6, 6.07) is -0.358. The van der Waals surface area contributed by atoms with E-state index in [-0.39, 0.29) is 17.9 Å². The van der Waals surface area contributed by atoms with Gasteiger partial charge < -0.3 is 14.2 Å². The molecule has 1 aromatic rings. The van der Waals surface area contributed by atoms with Crippen LogP contribution in [0.1, 0.15) is 43.9 Å². The Balaban J connectivity index is 3.39. The zero-order chi connectivity index (χ0) is 20.1. The predicted octanol–water partition coefficient (Wildman–Crippen LogP) is 3.12. The molecule has 8 heteroatoms. The van der Waals surface area contributed by atoms with Crippen molar-refractivity contribution in [3.63, 3.8) is 0 Å². The Morgan fingerprint density at radius 2 is 1.92 bits per heavy atom. The normalized spacial score (nSPS) is 13.3. The molecular formula is C18H27F3N2O3. The predicted molar refractivity (Wildman–Crippen MR) is 93.1 cm³/mol. The van der Waals surface area contributed by atoms with Gasteiger partial charge in [-0.25, -0.2) is 4.79 Å². The molecule has 0 aromatic carbocycles. The summed E-state index contributed by atoms with van der Waals surface area (Å²) in [7, 11) is 4.87. The van der Waals surface area contributed by atoms with Crippen molar-refractivity contribution in [2.75, 3.05) is 27.7 Å². The number of aromatic nitrogens is 1. The molecule has 0 aliphatic rings. The first-order valence-corrected chi connectivity index (χ1v) is 8.52. The molecule has 0 radical (unpaired) electrons. The van der Waals surface area contributed by atoms with Crippen molar-refractivity contribution in [1.29, 1.82) is 0 Å². The van der Waals surface area contributed by atoms with Crippen LogP contribution in [0, 0.1) is 5.92 Å². The summed E-state index contributed by atoms with van der Waals surface area (Å²) in [5.74, 6) is -0.578. The third-order valence-corrected chi connectivity index (χ3v) is 4.02. The maximum absolute atomic E-state index is 13.3. The van der Waals surface area contributed by atoms with Gasteiger partial charge in [-0.05, 0) is 51.4 Å². The van der Waals surface area contributed by atoms with Crippen LogP contribution in [0.4, 0.5) is 13.2 Å². The van der Waals surface area contributed by atoms with Crippen molar-refractivity contribution < 1.29 is 22.7 Å². The molecule has 1 rings (SSSR count). The Morgan fingerprint density at radius 1 is 1.31 bits per heavy atom. The van der Waals surface area contributed by atoms with Crippen molar-refractivity contribution in [3.8, 4) is 0 Å². The van der Waals surface area contributed by atoms with E-state index < -0.39 is 29.3 Å². The molecule has 148 valence electrons. The maximum atomic E-state index is 13.3. The highest BCUT2D eigenvalue weighted by Crippen LogP contribution is 2.32. The lowest BCUT2D eigenvalue weighted by atomic mass is 10.0. The second kappa shape index (κ2) is 9.21. The smallest absolute Gasteiger partial charge is 0.416 e. The zero-order valence-corrected chi connectivity index (χ0v) is 15.9. The van der Waals surface area contributed by atoms with Gasteiger partial charge >= 0.3 is 12.1 Å². The first-order valence-electron chi connectivity index (χ1n) is 8.52. The minimum Gasteiger partial charge on any atom is -0.467 e. The van der Waals surface area contributed by atoms with Crippen LogP contribution in [0.25, 0.3) is 0 Å². The number of aryl methyl sites for hydroxylation is 1. The number of rotatable bonds is 8. The van der Waals surface area contributed by atoms with Gasteiger partial charge in [0.25, 0.3) is 5.56 Å². The number of hydrogen-bond acceptors (Lipinski definition) is 4. The van der Waals surface area contributed by atoms with Crippen molar-refractivity contribution in [3.05, 3.63) is 33.7 Å². The van der Waals surface area contributed by atoms with Crippen LogP contribution in [0.2, 0.25) is 0 Å². The molecule has 1 atom stereocenters. The fourth-order valence-corrected chi connectivity index (χ4v) is 2.79. The van der Waals surface area contributed by atoms with Gasteiger partial charge in [0, 0.05) is 12.3 Å². The molecule has 1 unspecified atom stereocenters. The summed E-state index contributed by atoms with van der Waals surface area (Å²) < 4.78 is 45.8. The molecule has 26 heavy (non-hydrogen) atoms. The standard InChI is InChI=1S/C18H27F3N2O3/c1-12(2)9-15(17(25)26-5)23-11-13(7-6-8-22(3)4)14(10-16(23)24)18(19,20)21/h10-12,15H,6-9H2,1-5H3. The average molecular weight is 376 g/mol. The largest absolute Gasteiger partial charge is 0.467 e. The molecule has 5 nitrogen and oxygen atoms in total. The third kappa shape index (κ3) is 6.16. The van der Waals surface area contributed by atoms with Crippen LogP contribution >= 0.6 is 0 Å². The quantitative estimate of drug-likeness (QED) is 0.654. The minimum atomic E-state index is -4.62. The highest BCUT2D eigenvalue weighted by atomic mass is 19.4. The number of hydrogen-bond donors (Lipinski definition) is 0.